The Balaban J connectivity index is 2.63. The molecule has 0 bridgehead atoms. The lowest BCUT2D eigenvalue weighted by Crippen LogP contribution is -2.34. The van der Waals surface area contributed by atoms with Gasteiger partial charge in [-0.3, -0.25) is 0 Å². The fourth-order valence-electron chi connectivity index (χ4n) is 1.43. The second-order valence-electron chi connectivity index (χ2n) is 4.20. The van der Waals surface area contributed by atoms with Gasteiger partial charge in [0.1, 0.15) is 11.9 Å². The number of sulfonamides is 1. The first-order valence-corrected chi connectivity index (χ1v) is 7.43. The predicted molar refractivity (Wildman–Crippen MR) is 70.9 cm³/mol. The number of nitrogens with one attached hydrogen (secondary N) is 2. The maximum absolute atomic E-state index is 13.1. The van der Waals surface area contributed by atoms with E-state index in [0.717, 1.165) is 18.2 Å². The molecule has 0 radical (unpaired) electrons. The summed E-state index contributed by atoms with van der Waals surface area (Å²) < 4.78 is 39.2. The molecule has 110 valence electrons. The van der Waals surface area contributed by atoms with Crippen molar-refractivity contribution in [2.45, 2.75) is 17.9 Å². The van der Waals surface area contributed by atoms with E-state index in [-0.39, 0.29) is 17.0 Å². The van der Waals surface area contributed by atoms with E-state index in [4.69, 9.17) is 10.4 Å². The Hall–Kier alpha value is -1.53. The highest BCUT2D eigenvalue weighted by molar-refractivity contribution is 7.89. The van der Waals surface area contributed by atoms with Crippen LogP contribution in [-0.2, 0) is 10.0 Å². The van der Waals surface area contributed by atoms with Gasteiger partial charge in [0.15, 0.2) is 0 Å². The van der Waals surface area contributed by atoms with Crippen LogP contribution in [0.1, 0.15) is 12.5 Å². The summed E-state index contributed by atoms with van der Waals surface area (Å²) in [4.78, 5) is -0.161. The van der Waals surface area contributed by atoms with E-state index in [2.05, 4.69) is 10.0 Å². The van der Waals surface area contributed by atoms with Crippen molar-refractivity contribution in [1.82, 2.24) is 10.0 Å². The molecule has 1 aromatic rings. The first-order valence-electron chi connectivity index (χ1n) is 5.95. The van der Waals surface area contributed by atoms with Crippen molar-refractivity contribution >= 4 is 10.0 Å². The van der Waals surface area contributed by atoms with Crippen molar-refractivity contribution in [2.75, 3.05) is 19.6 Å². The molecule has 0 aliphatic rings. The Bertz CT molecular complexity index is 596. The largest absolute Gasteiger partial charge is 0.392 e. The molecule has 0 heterocycles. The van der Waals surface area contributed by atoms with Crippen LogP contribution >= 0.6 is 0 Å². The molecule has 0 spiro atoms. The minimum atomic E-state index is -3.78. The Kier molecular flexibility index (Phi) is 6.04. The molecule has 1 aromatic carbocycles. The van der Waals surface area contributed by atoms with Gasteiger partial charge in [0.25, 0.3) is 0 Å². The average Bonchev–Trinajstić information content (AvgIpc) is 2.38. The SMILES string of the molecule is CC(O)CNCCNS(=O)(=O)c1ccc(F)c(C#N)c1. The summed E-state index contributed by atoms with van der Waals surface area (Å²) in [5.74, 6) is -0.759. The second kappa shape index (κ2) is 7.31. The molecule has 6 nitrogen and oxygen atoms in total. The van der Waals surface area contributed by atoms with Crippen LogP contribution in [0.2, 0.25) is 0 Å². The van der Waals surface area contributed by atoms with Crippen molar-refractivity contribution in [3.8, 4) is 6.07 Å². The molecular formula is C12H16FN3O3S. The molecule has 0 aliphatic heterocycles. The van der Waals surface area contributed by atoms with Gasteiger partial charge in [-0.25, -0.2) is 17.5 Å². The number of benzene rings is 1. The number of aliphatic hydroxyl groups excluding tert-OH is 1. The van der Waals surface area contributed by atoms with Gasteiger partial charge >= 0.3 is 0 Å². The number of halogens is 1. The quantitative estimate of drug-likeness (QED) is 0.613. The molecule has 8 heteroatoms. The zero-order valence-corrected chi connectivity index (χ0v) is 11.7. The summed E-state index contributed by atoms with van der Waals surface area (Å²) in [6.07, 6.45) is -0.512. The molecule has 0 aliphatic carbocycles. The predicted octanol–water partition coefficient (Wildman–Crippen LogP) is -0.0539. The fourth-order valence-corrected chi connectivity index (χ4v) is 2.48. The first-order chi connectivity index (χ1) is 9.36. The number of hydrogen-bond acceptors (Lipinski definition) is 5. The monoisotopic (exact) mass is 301 g/mol. The average molecular weight is 301 g/mol. The second-order valence-corrected chi connectivity index (χ2v) is 5.97. The summed E-state index contributed by atoms with van der Waals surface area (Å²) in [6, 6.07) is 4.62. The lowest BCUT2D eigenvalue weighted by molar-refractivity contribution is 0.192. The third-order valence-electron chi connectivity index (χ3n) is 2.40. The molecule has 3 N–H and O–H groups in total. The topological polar surface area (TPSA) is 102 Å². The van der Waals surface area contributed by atoms with Crippen molar-refractivity contribution in [3.05, 3.63) is 29.6 Å². The molecule has 0 amide bonds. The first kappa shape index (κ1) is 16.5. The summed E-state index contributed by atoms with van der Waals surface area (Å²) in [7, 11) is -3.78. The van der Waals surface area contributed by atoms with Crippen molar-refractivity contribution in [1.29, 1.82) is 5.26 Å². The van der Waals surface area contributed by atoms with Gasteiger partial charge in [-0.15, -0.1) is 0 Å². The van der Waals surface area contributed by atoms with Crippen LogP contribution < -0.4 is 10.0 Å². The van der Waals surface area contributed by atoms with Crippen LogP contribution in [0.3, 0.4) is 0 Å². The summed E-state index contributed by atoms with van der Waals surface area (Å²) in [5.41, 5.74) is -0.319. The van der Waals surface area contributed by atoms with Crippen molar-refractivity contribution in [3.63, 3.8) is 0 Å². The van der Waals surface area contributed by atoms with Crippen molar-refractivity contribution in [2.24, 2.45) is 0 Å². The fraction of sp³-hybridized carbons (Fsp3) is 0.417. The van der Waals surface area contributed by atoms with Gasteiger partial charge in [0, 0.05) is 19.6 Å². The standard InChI is InChI=1S/C12H16FN3O3S/c1-9(17)8-15-4-5-16-20(18,19)11-2-3-12(13)10(6-11)7-14/h2-3,6,9,15-17H,4-5,8H2,1H3. The highest BCUT2D eigenvalue weighted by Gasteiger charge is 2.15. The van der Waals surface area contributed by atoms with Gasteiger partial charge in [-0.2, -0.15) is 5.26 Å². The summed E-state index contributed by atoms with van der Waals surface area (Å²) >= 11 is 0. The zero-order valence-electron chi connectivity index (χ0n) is 10.9. The highest BCUT2D eigenvalue weighted by atomic mass is 32.2. The molecule has 0 aromatic heterocycles. The normalized spacial score (nSPS) is 12.9. The minimum absolute atomic E-state index is 0.119. The van der Waals surface area contributed by atoms with Crippen LogP contribution in [0.4, 0.5) is 4.39 Å². The van der Waals surface area contributed by atoms with Crippen LogP contribution in [0.15, 0.2) is 23.1 Å². The van der Waals surface area contributed by atoms with Crippen LogP contribution in [0.5, 0.6) is 0 Å². The van der Waals surface area contributed by atoms with Gasteiger partial charge in [-0.1, -0.05) is 0 Å². The Morgan fingerprint density at radius 1 is 1.45 bits per heavy atom. The Labute approximate surface area is 117 Å². The molecule has 1 unspecified atom stereocenters. The number of nitrogens with zero attached hydrogens (tertiary/aromatic N) is 1. The van der Waals surface area contributed by atoms with E-state index in [9.17, 15) is 12.8 Å². The lowest BCUT2D eigenvalue weighted by atomic mass is 10.2. The number of rotatable bonds is 7. The van der Waals surface area contributed by atoms with E-state index in [1.165, 1.54) is 0 Å². The van der Waals surface area contributed by atoms with E-state index in [1.807, 2.05) is 0 Å². The zero-order chi connectivity index (χ0) is 15.2. The molecule has 1 rings (SSSR count). The molecule has 0 saturated heterocycles. The number of hydrogen-bond donors (Lipinski definition) is 3. The van der Waals surface area contributed by atoms with E-state index >= 15 is 0 Å². The van der Waals surface area contributed by atoms with Gasteiger partial charge in [-0.05, 0) is 25.1 Å². The van der Waals surface area contributed by atoms with E-state index in [1.54, 1.807) is 13.0 Å². The Morgan fingerprint density at radius 3 is 2.75 bits per heavy atom. The third-order valence-corrected chi connectivity index (χ3v) is 3.86. The summed E-state index contributed by atoms with van der Waals surface area (Å²) in [6.45, 7) is 2.43. The third kappa shape index (κ3) is 4.86. The molecule has 20 heavy (non-hydrogen) atoms. The van der Waals surface area contributed by atoms with Crippen molar-refractivity contribution < 1.29 is 17.9 Å². The Morgan fingerprint density at radius 2 is 2.15 bits per heavy atom. The molecule has 0 fully saturated rings. The van der Waals surface area contributed by atoms with Crippen LogP contribution in [0, 0.1) is 17.1 Å². The number of aliphatic hydroxyl groups is 1. The molecule has 0 saturated carbocycles. The molecule has 1 atom stereocenters. The van der Waals surface area contributed by atoms with Gasteiger partial charge in [0.05, 0.1) is 16.6 Å². The van der Waals surface area contributed by atoms with Gasteiger partial charge < -0.3 is 10.4 Å². The lowest BCUT2D eigenvalue weighted by Gasteiger charge is -2.09. The van der Waals surface area contributed by atoms with Gasteiger partial charge in [0.2, 0.25) is 10.0 Å². The van der Waals surface area contributed by atoms with E-state index in [0.29, 0.717) is 13.1 Å². The highest BCUT2D eigenvalue weighted by Crippen LogP contribution is 2.13. The molecular weight excluding hydrogens is 285 g/mol. The van der Waals surface area contributed by atoms with Crippen LogP contribution in [-0.4, -0.2) is 39.3 Å². The summed E-state index contributed by atoms with van der Waals surface area (Å²) in [5, 5.41) is 20.5. The maximum Gasteiger partial charge on any atom is 0.240 e. The smallest absolute Gasteiger partial charge is 0.240 e. The number of nitriles is 1. The minimum Gasteiger partial charge on any atom is -0.392 e. The van der Waals surface area contributed by atoms with Crippen LogP contribution in [0.25, 0.3) is 0 Å². The van der Waals surface area contributed by atoms with E-state index < -0.39 is 21.9 Å². The maximum atomic E-state index is 13.1.